The fraction of sp³-hybridized carbons (Fsp3) is 0.238. The van der Waals surface area contributed by atoms with Crippen LogP contribution in [0.15, 0.2) is 36.5 Å². The number of rotatable bonds is 5. The van der Waals surface area contributed by atoms with E-state index in [4.69, 9.17) is 5.11 Å². The summed E-state index contributed by atoms with van der Waals surface area (Å²) >= 11 is 0. The second kappa shape index (κ2) is 6.95. The minimum absolute atomic E-state index is 0.214. The van der Waals surface area contributed by atoms with Crippen LogP contribution in [0.3, 0.4) is 0 Å². The van der Waals surface area contributed by atoms with Gasteiger partial charge in [-0.1, -0.05) is 13.8 Å². The Kier molecular flexibility index (Phi) is 4.56. The van der Waals surface area contributed by atoms with Gasteiger partial charge < -0.3 is 9.67 Å². The van der Waals surface area contributed by atoms with Gasteiger partial charge in [-0.3, -0.25) is 9.89 Å². The summed E-state index contributed by atoms with van der Waals surface area (Å²) < 4.78 is 44.3. The quantitative estimate of drug-likeness (QED) is 0.471. The summed E-state index contributed by atoms with van der Waals surface area (Å²) in [6, 6.07) is 6.97. The van der Waals surface area contributed by atoms with Gasteiger partial charge in [0.05, 0.1) is 23.7 Å². The molecule has 0 saturated heterocycles. The van der Waals surface area contributed by atoms with Crippen LogP contribution >= 0.6 is 0 Å². The lowest BCUT2D eigenvalue weighted by Gasteiger charge is -2.17. The number of nitrogens with zero attached hydrogens (tertiary/aromatic N) is 2. The third-order valence-electron chi connectivity index (χ3n) is 4.98. The molecule has 0 aliphatic heterocycles. The van der Waals surface area contributed by atoms with E-state index in [9.17, 15) is 13.6 Å². The molecule has 1 atom stereocenters. The number of aliphatic carboxylic acids is 1. The largest absolute Gasteiger partial charge is 0.481 e. The van der Waals surface area contributed by atoms with Gasteiger partial charge in [-0.2, -0.15) is 5.10 Å². The highest BCUT2D eigenvalue weighted by Crippen LogP contribution is 2.41. The molecule has 2 aromatic heterocycles. The molecule has 0 unspecified atom stereocenters. The summed E-state index contributed by atoms with van der Waals surface area (Å²) in [5, 5.41) is 17.2. The van der Waals surface area contributed by atoms with Crippen molar-refractivity contribution in [3.63, 3.8) is 0 Å². The van der Waals surface area contributed by atoms with Gasteiger partial charge in [-0.15, -0.1) is 0 Å². The van der Waals surface area contributed by atoms with Gasteiger partial charge in [0.15, 0.2) is 11.6 Å². The second-order valence-electron chi connectivity index (χ2n) is 7.28. The molecule has 2 N–H and O–H groups in total. The van der Waals surface area contributed by atoms with E-state index in [0.717, 1.165) is 17.5 Å². The number of hydrogen-bond acceptors (Lipinski definition) is 2. The Morgan fingerprint density at radius 1 is 1.21 bits per heavy atom. The highest BCUT2D eigenvalue weighted by Gasteiger charge is 2.28. The average molecular weight is 401 g/mol. The van der Waals surface area contributed by atoms with E-state index in [1.54, 1.807) is 22.9 Å². The summed E-state index contributed by atoms with van der Waals surface area (Å²) in [6.45, 7) is 3.68. The van der Waals surface area contributed by atoms with Crippen molar-refractivity contribution in [3.8, 4) is 5.69 Å². The molecule has 2 aromatic carbocycles. The molecule has 0 aliphatic rings. The van der Waals surface area contributed by atoms with Crippen LogP contribution in [0.2, 0.25) is 0 Å². The number of halogens is 3. The van der Waals surface area contributed by atoms with Crippen LogP contribution in [-0.4, -0.2) is 25.8 Å². The molecule has 8 heteroatoms. The SMILES string of the molecule is CC(C)c1c([C@@H](F)CC(=O)O)c2cc3[nH]ncc3cc2n1-c1ccc(F)c(F)c1. The number of aromatic nitrogens is 3. The normalized spacial score (nSPS) is 12.9. The maximum atomic E-state index is 15.2. The molecule has 0 radical (unpaired) electrons. The number of carbonyl (C=O) groups is 1. The lowest BCUT2D eigenvalue weighted by atomic mass is 9.97. The average Bonchev–Trinajstić information content (AvgIpc) is 3.23. The van der Waals surface area contributed by atoms with E-state index in [1.165, 1.54) is 6.07 Å². The lowest BCUT2D eigenvalue weighted by Crippen LogP contribution is -2.08. The van der Waals surface area contributed by atoms with Gasteiger partial charge in [-0.25, -0.2) is 13.2 Å². The first-order valence-electron chi connectivity index (χ1n) is 9.10. The molecule has 29 heavy (non-hydrogen) atoms. The third kappa shape index (κ3) is 3.14. The van der Waals surface area contributed by atoms with Crippen molar-refractivity contribution >= 4 is 27.8 Å². The minimum Gasteiger partial charge on any atom is -0.481 e. The Morgan fingerprint density at radius 3 is 2.62 bits per heavy atom. The number of alkyl halides is 1. The summed E-state index contributed by atoms with van der Waals surface area (Å²) in [7, 11) is 0. The molecule has 0 amide bonds. The zero-order chi connectivity index (χ0) is 20.9. The standard InChI is InChI=1S/C21H18F3N3O2/c1-10(2)21-20(16(24)8-19(28)29)13-7-17-11(9-25-26-17)5-18(13)27(21)12-3-4-14(22)15(23)6-12/h3-7,9-10,16H,8H2,1-2H3,(H,25,26)(H,28,29)/t16-/m0/s1. The van der Waals surface area contributed by atoms with Crippen LogP contribution in [0.4, 0.5) is 13.2 Å². The summed E-state index contributed by atoms with van der Waals surface area (Å²) in [6.07, 6.45) is -0.854. The number of aromatic amines is 1. The Bertz CT molecular complexity index is 1240. The lowest BCUT2D eigenvalue weighted by molar-refractivity contribution is -0.138. The summed E-state index contributed by atoms with van der Waals surface area (Å²) in [4.78, 5) is 11.2. The van der Waals surface area contributed by atoms with Crippen LogP contribution in [0.1, 0.15) is 43.6 Å². The van der Waals surface area contributed by atoms with Gasteiger partial charge in [0, 0.05) is 33.8 Å². The number of carboxylic acid groups (broad SMARTS) is 1. The van der Waals surface area contributed by atoms with E-state index in [-0.39, 0.29) is 11.5 Å². The molecular formula is C21H18F3N3O2. The van der Waals surface area contributed by atoms with E-state index in [2.05, 4.69) is 10.2 Å². The number of H-pyrrole nitrogens is 1. The van der Waals surface area contributed by atoms with Gasteiger partial charge in [-0.05, 0) is 30.2 Å². The van der Waals surface area contributed by atoms with Crippen molar-refractivity contribution in [2.45, 2.75) is 32.4 Å². The van der Waals surface area contributed by atoms with E-state index >= 15 is 4.39 Å². The molecule has 0 bridgehead atoms. The van der Waals surface area contributed by atoms with Crippen LogP contribution in [0.25, 0.3) is 27.5 Å². The molecule has 4 aromatic rings. The van der Waals surface area contributed by atoms with Crippen LogP contribution in [0.5, 0.6) is 0 Å². The fourth-order valence-corrected chi connectivity index (χ4v) is 3.82. The smallest absolute Gasteiger partial charge is 0.306 e. The molecule has 5 nitrogen and oxygen atoms in total. The molecule has 0 fully saturated rings. The van der Waals surface area contributed by atoms with Crippen molar-refractivity contribution in [1.29, 1.82) is 0 Å². The number of carboxylic acids is 1. The Balaban J connectivity index is 2.13. The fourth-order valence-electron chi connectivity index (χ4n) is 3.82. The Morgan fingerprint density at radius 2 is 1.97 bits per heavy atom. The van der Waals surface area contributed by atoms with Crippen molar-refractivity contribution in [3.05, 3.63) is 59.4 Å². The molecule has 0 aliphatic carbocycles. The van der Waals surface area contributed by atoms with Gasteiger partial charge in [0.1, 0.15) is 6.17 Å². The van der Waals surface area contributed by atoms with E-state index in [0.29, 0.717) is 27.8 Å². The first-order valence-corrected chi connectivity index (χ1v) is 9.10. The Hall–Kier alpha value is -3.29. The predicted molar refractivity (Wildman–Crippen MR) is 103 cm³/mol. The number of hydrogen-bond donors (Lipinski definition) is 2. The zero-order valence-electron chi connectivity index (χ0n) is 15.7. The van der Waals surface area contributed by atoms with Gasteiger partial charge >= 0.3 is 5.97 Å². The highest BCUT2D eigenvalue weighted by molar-refractivity contribution is 5.99. The summed E-state index contributed by atoms with van der Waals surface area (Å²) in [5.41, 5.74) is 2.31. The monoisotopic (exact) mass is 401 g/mol. The number of fused-ring (bicyclic) bond motifs is 2. The first-order chi connectivity index (χ1) is 13.8. The van der Waals surface area contributed by atoms with E-state index in [1.807, 2.05) is 13.8 Å². The predicted octanol–water partition coefficient (Wildman–Crippen LogP) is 5.39. The number of benzene rings is 2. The summed E-state index contributed by atoms with van der Waals surface area (Å²) in [5.74, 6) is -3.48. The highest BCUT2D eigenvalue weighted by atomic mass is 19.2. The topological polar surface area (TPSA) is 70.9 Å². The molecular weight excluding hydrogens is 383 g/mol. The minimum atomic E-state index is -1.76. The molecule has 0 saturated carbocycles. The van der Waals surface area contributed by atoms with Crippen LogP contribution in [0, 0.1) is 11.6 Å². The molecule has 4 rings (SSSR count). The van der Waals surface area contributed by atoms with E-state index < -0.39 is 30.2 Å². The zero-order valence-corrected chi connectivity index (χ0v) is 15.7. The first kappa shape index (κ1) is 19.0. The van der Waals surface area contributed by atoms with Crippen molar-refractivity contribution in [1.82, 2.24) is 14.8 Å². The molecule has 0 spiro atoms. The van der Waals surface area contributed by atoms with Gasteiger partial charge in [0.2, 0.25) is 0 Å². The number of nitrogens with one attached hydrogen (secondary N) is 1. The molecule has 2 heterocycles. The Labute approximate surface area is 163 Å². The van der Waals surface area contributed by atoms with Gasteiger partial charge in [0.25, 0.3) is 0 Å². The van der Waals surface area contributed by atoms with Crippen LogP contribution in [-0.2, 0) is 4.79 Å². The molecule has 150 valence electrons. The maximum Gasteiger partial charge on any atom is 0.306 e. The maximum absolute atomic E-state index is 15.2. The van der Waals surface area contributed by atoms with Crippen LogP contribution < -0.4 is 0 Å². The van der Waals surface area contributed by atoms with Crippen molar-refractivity contribution < 1.29 is 23.1 Å². The second-order valence-corrected chi connectivity index (χ2v) is 7.28. The third-order valence-corrected chi connectivity index (χ3v) is 4.98. The van der Waals surface area contributed by atoms with Crippen molar-refractivity contribution in [2.75, 3.05) is 0 Å². The van der Waals surface area contributed by atoms with Crippen molar-refractivity contribution in [2.24, 2.45) is 0 Å².